The van der Waals surface area contributed by atoms with Crippen molar-refractivity contribution >= 4 is 12.0 Å². The summed E-state index contributed by atoms with van der Waals surface area (Å²) in [7, 11) is 0. The highest BCUT2D eigenvalue weighted by atomic mass is 16.4. The second-order valence-corrected chi connectivity index (χ2v) is 5.13. The summed E-state index contributed by atoms with van der Waals surface area (Å²) in [5, 5.41) is 11.6. The van der Waals surface area contributed by atoms with E-state index in [4.69, 9.17) is 5.11 Å². The van der Waals surface area contributed by atoms with Crippen LogP contribution in [0, 0.1) is 5.41 Å². The van der Waals surface area contributed by atoms with Crippen molar-refractivity contribution in [3.63, 3.8) is 0 Å². The summed E-state index contributed by atoms with van der Waals surface area (Å²) >= 11 is 0. The molecule has 1 fully saturated rings. The number of urea groups is 1. The van der Waals surface area contributed by atoms with Crippen LogP contribution in [0.15, 0.2) is 0 Å². The molecule has 1 saturated carbocycles. The van der Waals surface area contributed by atoms with Crippen molar-refractivity contribution in [3.05, 3.63) is 0 Å². The minimum Gasteiger partial charge on any atom is -0.480 e. The highest BCUT2D eigenvalue weighted by molar-refractivity contribution is 5.80. The highest BCUT2D eigenvalue weighted by Gasteiger charge is 2.41. The van der Waals surface area contributed by atoms with E-state index in [2.05, 4.69) is 12.2 Å². The second-order valence-electron chi connectivity index (χ2n) is 5.13. The van der Waals surface area contributed by atoms with Gasteiger partial charge in [0.1, 0.15) is 6.54 Å². The first-order chi connectivity index (χ1) is 7.90. The molecule has 0 spiro atoms. The summed E-state index contributed by atoms with van der Waals surface area (Å²) in [6, 6.07) is -0.384. The third-order valence-corrected chi connectivity index (χ3v) is 3.51. The summed E-state index contributed by atoms with van der Waals surface area (Å²) in [5.41, 5.74) is 0.279. The lowest BCUT2D eigenvalue weighted by Crippen LogP contribution is -2.47. The molecule has 0 aliphatic heterocycles. The number of hydrogen-bond donors (Lipinski definition) is 2. The quantitative estimate of drug-likeness (QED) is 0.744. The fraction of sp³-hybridized carbons (Fsp3) is 0.833. The van der Waals surface area contributed by atoms with Crippen LogP contribution in [0.2, 0.25) is 0 Å². The Morgan fingerprint density at radius 3 is 2.35 bits per heavy atom. The maximum Gasteiger partial charge on any atom is 0.323 e. The second kappa shape index (κ2) is 5.38. The monoisotopic (exact) mass is 242 g/mol. The van der Waals surface area contributed by atoms with Gasteiger partial charge in [-0.3, -0.25) is 4.79 Å². The zero-order chi connectivity index (χ0) is 13.1. The molecule has 1 aliphatic rings. The first-order valence-corrected chi connectivity index (χ1v) is 6.16. The van der Waals surface area contributed by atoms with Crippen molar-refractivity contribution in [2.24, 2.45) is 5.41 Å². The van der Waals surface area contributed by atoms with Crippen molar-refractivity contribution in [1.82, 2.24) is 10.2 Å². The van der Waals surface area contributed by atoms with Crippen molar-refractivity contribution in [1.29, 1.82) is 0 Å². The Labute approximate surface area is 102 Å². The fourth-order valence-electron chi connectivity index (χ4n) is 1.83. The molecular formula is C12H22N2O3. The van der Waals surface area contributed by atoms with Gasteiger partial charge < -0.3 is 15.3 Å². The maximum atomic E-state index is 11.9. The summed E-state index contributed by atoms with van der Waals surface area (Å²) in [6.45, 7) is 6.16. The lowest BCUT2D eigenvalue weighted by molar-refractivity contribution is -0.138. The van der Waals surface area contributed by atoms with Gasteiger partial charge in [-0.25, -0.2) is 4.79 Å². The number of amides is 2. The van der Waals surface area contributed by atoms with Crippen LogP contribution >= 0.6 is 0 Å². The first kappa shape index (κ1) is 13.8. The van der Waals surface area contributed by atoms with E-state index in [-0.39, 0.29) is 24.0 Å². The molecule has 98 valence electrons. The van der Waals surface area contributed by atoms with Crippen molar-refractivity contribution in [2.45, 2.75) is 46.1 Å². The molecule has 1 rings (SSSR count). The van der Waals surface area contributed by atoms with Gasteiger partial charge in [-0.15, -0.1) is 0 Å². The molecule has 0 aromatic carbocycles. The number of rotatable bonds is 6. The summed E-state index contributed by atoms with van der Waals surface area (Å²) in [6.07, 6.45) is 3.38. The number of hydrogen-bond acceptors (Lipinski definition) is 2. The van der Waals surface area contributed by atoms with Crippen LogP contribution in [0.25, 0.3) is 0 Å². The number of nitrogens with one attached hydrogen (secondary N) is 1. The van der Waals surface area contributed by atoms with Crippen molar-refractivity contribution in [2.75, 3.05) is 13.1 Å². The van der Waals surface area contributed by atoms with Gasteiger partial charge in [0.2, 0.25) is 0 Å². The topological polar surface area (TPSA) is 69.6 Å². The van der Waals surface area contributed by atoms with Gasteiger partial charge >= 0.3 is 12.0 Å². The Kier molecular flexibility index (Phi) is 4.37. The van der Waals surface area contributed by atoms with Crippen LogP contribution in [-0.2, 0) is 4.79 Å². The van der Waals surface area contributed by atoms with Crippen molar-refractivity contribution in [3.8, 4) is 0 Å². The lowest BCUT2D eigenvalue weighted by Gasteiger charge is -2.26. The average molecular weight is 242 g/mol. The zero-order valence-corrected chi connectivity index (χ0v) is 10.8. The van der Waals surface area contributed by atoms with E-state index in [9.17, 15) is 9.59 Å². The third kappa shape index (κ3) is 3.91. The molecule has 1 aliphatic carbocycles. The number of aliphatic carboxylic acids is 1. The van der Waals surface area contributed by atoms with E-state index in [1.807, 2.05) is 13.8 Å². The van der Waals surface area contributed by atoms with E-state index < -0.39 is 5.97 Å². The molecule has 5 nitrogen and oxygen atoms in total. The minimum atomic E-state index is -0.981. The SMILES string of the molecule is CCC1(CNC(=O)N(CC(=O)O)C(C)C)CC1. The van der Waals surface area contributed by atoms with Crippen LogP contribution in [0.1, 0.15) is 40.0 Å². The standard InChI is InChI=1S/C12H22N2O3/c1-4-12(5-6-12)8-13-11(17)14(9(2)3)7-10(15)16/h9H,4-8H2,1-3H3,(H,13,17)(H,15,16). The highest BCUT2D eigenvalue weighted by Crippen LogP contribution is 2.47. The molecule has 0 atom stereocenters. The van der Waals surface area contributed by atoms with Gasteiger partial charge in [0.25, 0.3) is 0 Å². The van der Waals surface area contributed by atoms with Gasteiger partial charge in [-0.1, -0.05) is 6.92 Å². The molecule has 0 heterocycles. The van der Waals surface area contributed by atoms with Gasteiger partial charge in [0, 0.05) is 12.6 Å². The molecule has 2 N–H and O–H groups in total. The van der Waals surface area contributed by atoms with E-state index in [1.165, 1.54) is 4.90 Å². The van der Waals surface area contributed by atoms with Gasteiger partial charge in [0.15, 0.2) is 0 Å². The zero-order valence-electron chi connectivity index (χ0n) is 10.8. The predicted octanol–water partition coefficient (Wildman–Crippen LogP) is 1.68. The molecule has 0 aromatic rings. The number of carboxylic acid groups (broad SMARTS) is 1. The molecule has 0 radical (unpaired) electrons. The third-order valence-electron chi connectivity index (χ3n) is 3.51. The Morgan fingerprint density at radius 1 is 1.41 bits per heavy atom. The van der Waals surface area contributed by atoms with Gasteiger partial charge in [-0.05, 0) is 38.5 Å². The summed E-state index contributed by atoms with van der Waals surface area (Å²) in [4.78, 5) is 23.9. The van der Waals surface area contributed by atoms with Crippen molar-refractivity contribution < 1.29 is 14.7 Å². The van der Waals surface area contributed by atoms with E-state index in [0.29, 0.717) is 6.54 Å². The van der Waals surface area contributed by atoms with Crippen LogP contribution < -0.4 is 5.32 Å². The Morgan fingerprint density at radius 2 is 2.00 bits per heavy atom. The molecule has 0 bridgehead atoms. The van der Waals surface area contributed by atoms with E-state index >= 15 is 0 Å². The minimum absolute atomic E-state index is 0.108. The summed E-state index contributed by atoms with van der Waals surface area (Å²) in [5.74, 6) is -0.981. The Balaban J connectivity index is 2.45. The molecular weight excluding hydrogens is 220 g/mol. The van der Waals surface area contributed by atoms with Gasteiger partial charge in [0.05, 0.1) is 0 Å². The molecule has 2 amide bonds. The summed E-state index contributed by atoms with van der Waals surface area (Å²) < 4.78 is 0. The number of carbonyl (C=O) groups is 2. The van der Waals surface area contributed by atoms with E-state index in [1.54, 1.807) is 0 Å². The maximum absolute atomic E-state index is 11.9. The molecule has 0 saturated heterocycles. The molecule has 5 heteroatoms. The lowest BCUT2D eigenvalue weighted by atomic mass is 10.0. The fourth-order valence-corrected chi connectivity index (χ4v) is 1.83. The van der Waals surface area contributed by atoms with E-state index in [0.717, 1.165) is 19.3 Å². The number of carboxylic acids is 1. The van der Waals surface area contributed by atoms with Crippen LogP contribution in [0.4, 0.5) is 4.79 Å². The van der Waals surface area contributed by atoms with Crippen LogP contribution in [0.3, 0.4) is 0 Å². The predicted molar refractivity (Wildman–Crippen MR) is 64.8 cm³/mol. The average Bonchev–Trinajstić information content (AvgIpc) is 3.03. The van der Waals surface area contributed by atoms with Crippen LogP contribution in [0.5, 0.6) is 0 Å². The molecule has 0 unspecified atom stereocenters. The largest absolute Gasteiger partial charge is 0.480 e. The van der Waals surface area contributed by atoms with Gasteiger partial charge in [-0.2, -0.15) is 0 Å². The number of carbonyl (C=O) groups excluding carboxylic acids is 1. The van der Waals surface area contributed by atoms with Crippen LogP contribution in [-0.4, -0.2) is 41.1 Å². The Bertz CT molecular complexity index is 298. The first-order valence-electron chi connectivity index (χ1n) is 6.16. The number of nitrogens with zero attached hydrogens (tertiary/aromatic N) is 1. The molecule has 0 aromatic heterocycles. The smallest absolute Gasteiger partial charge is 0.323 e. The normalized spacial score (nSPS) is 16.7. The molecule has 17 heavy (non-hydrogen) atoms. The Hall–Kier alpha value is -1.26.